The van der Waals surface area contributed by atoms with Gasteiger partial charge in [0.25, 0.3) is 0 Å². The maximum absolute atomic E-state index is 10.6. The highest BCUT2D eigenvalue weighted by atomic mass is 16.5. The molecule has 1 unspecified atom stereocenters. The van der Waals surface area contributed by atoms with Crippen LogP contribution in [0.15, 0.2) is 18.2 Å². The van der Waals surface area contributed by atoms with Crippen LogP contribution in [0.3, 0.4) is 0 Å². The van der Waals surface area contributed by atoms with E-state index in [0.29, 0.717) is 12.4 Å². The molecule has 1 aromatic rings. The van der Waals surface area contributed by atoms with E-state index in [9.17, 15) is 4.79 Å². The Morgan fingerprint density at radius 3 is 3.00 bits per heavy atom. The van der Waals surface area contributed by atoms with Gasteiger partial charge in [-0.2, -0.15) is 0 Å². The first-order valence-corrected chi connectivity index (χ1v) is 4.59. The highest BCUT2D eigenvalue weighted by Crippen LogP contribution is 2.06. The second-order valence-corrected chi connectivity index (χ2v) is 3.21. The molecule has 0 aliphatic carbocycles. The summed E-state index contributed by atoms with van der Waals surface area (Å²) in [6.45, 7) is 2.47. The van der Waals surface area contributed by atoms with Gasteiger partial charge in [-0.15, -0.1) is 0 Å². The molecule has 1 rings (SSSR count). The molecule has 15 heavy (non-hydrogen) atoms. The number of rotatable bonds is 5. The summed E-state index contributed by atoms with van der Waals surface area (Å²) in [6, 6.07) is 4.91. The average Bonchev–Trinajstić information content (AvgIpc) is 2.18. The molecular weight excluding hydrogens is 196 g/mol. The van der Waals surface area contributed by atoms with E-state index in [0.717, 1.165) is 0 Å². The SMILES string of the molecule is COCC(C)Nc1cccc(C(=O)O)n1. The van der Waals surface area contributed by atoms with Crippen molar-refractivity contribution in [3.63, 3.8) is 0 Å². The fraction of sp³-hybridized carbons (Fsp3) is 0.400. The maximum atomic E-state index is 10.6. The van der Waals surface area contributed by atoms with Gasteiger partial charge in [-0.05, 0) is 19.1 Å². The molecule has 0 amide bonds. The number of anilines is 1. The molecule has 0 aromatic carbocycles. The Hall–Kier alpha value is -1.62. The van der Waals surface area contributed by atoms with E-state index in [-0.39, 0.29) is 11.7 Å². The lowest BCUT2D eigenvalue weighted by atomic mass is 10.3. The minimum absolute atomic E-state index is 0.0321. The van der Waals surface area contributed by atoms with E-state index in [1.54, 1.807) is 19.2 Å². The Morgan fingerprint density at radius 1 is 1.67 bits per heavy atom. The Morgan fingerprint density at radius 2 is 2.40 bits per heavy atom. The van der Waals surface area contributed by atoms with Crippen molar-refractivity contribution in [2.24, 2.45) is 0 Å². The smallest absolute Gasteiger partial charge is 0.354 e. The van der Waals surface area contributed by atoms with Gasteiger partial charge in [-0.3, -0.25) is 0 Å². The minimum atomic E-state index is -1.03. The second kappa shape index (κ2) is 5.31. The van der Waals surface area contributed by atoms with Crippen molar-refractivity contribution in [1.29, 1.82) is 0 Å². The van der Waals surface area contributed by atoms with E-state index in [1.165, 1.54) is 6.07 Å². The van der Waals surface area contributed by atoms with Crippen molar-refractivity contribution in [1.82, 2.24) is 4.98 Å². The summed E-state index contributed by atoms with van der Waals surface area (Å²) in [5.74, 6) is -0.488. The van der Waals surface area contributed by atoms with Crippen LogP contribution in [-0.2, 0) is 4.74 Å². The maximum Gasteiger partial charge on any atom is 0.354 e. The summed E-state index contributed by atoms with van der Waals surface area (Å²) in [7, 11) is 1.61. The number of hydrogen-bond acceptors (Lipinski definition) is 4. The molecule has 2 N–H and O–H groups in total. The number of nitrogens with zero attached hydrogens (tertiary/aromatic N) is 1. The Balaban J connectivity index is 2.69. The molecule has 82 valence electrons. The summed E-state index contributed by atoms with van der Waals surface area (Å²) in [5.41, 5.74) is 0.0321. The molecular formula is C10H14N2O3. The third-order valence-corrected chi connectivity index (χ3v) is 1.78. The first-order valence-electron chi connectivity index (χ1n) is 4.59. The van der Waals surface area contributed by atoms with Crippen LogP contribution in [0.1, 0.15) is 17.4 Å². The van der Waals surface area contributed by atoms with Crippen LogP contribution < -0.4 is 5.32 Å². The van der Waals surface area contributed by atoms with E-state index in [4.69, 9.17) is 9.84 Å². The van der Waals surface area contributed by atoms with Gasteiger partial charge in [-0.25, -0.2) is 9.78 Å². The second-order valence-electron chi connectivity index (χ2n) is 3.21. The molecule has 0 saturated heterocycles. The first-order chi connectivity index (χ1) is 7.13. The monoisotopic (exact) mass is 210 g/mol. The fourth-order valence-corrected chi connectivity index (χ4v) is 1.18. The third-order valence-electron chi connectivity index (χ3n) is 1.78. The standard InChI is InChI=1S/C10H14N2O3/c1-7(6-15-2)11-9-5-3-4-8(12-9)10(13)14/h3-5,7H,6H2,1-2H3,(H,11,12)(H,13,14). The predicted octanol–water partition coefficient (Wildman–Crippen LogP) is 1.23. The Bertz CT molecular complexity index is 341. The largest absolute Gasteiger partial charge is 0.477 e. The van der Waals surface area contributed by atoms with Gasteiger partial charge in [0.05, 0.1) is 6.61 Å². The minimum Gasteiger partial charge on any atom is -0.477 e. The first kappa shape index (κ1) is 11.5. The summed E-state index contributed by atoms with van der Waals surface area (Å²) in [6.07, 6.45) is 0. The van der Waals surface area contributed by atoms with Gasteiger partial charge < -0.3 is 15.2 Å². The molecule has 5 heteroatoms. The topological polar surface area (TPSA) is 71.5 Å². The van der Waals surface area contributed by atoms with Crippen LogP contribution in [0, 0.1) is 0 Å². The van der Waals surface area contributed by atoms with E-state index in [1.807, 2.05) is 6.92 Å². The quantitative estimate of drug-likeness (QED) is 0.764. The lowest BCUT2D eigenvalue weighted by molar-refractivity contribution is 0.0690. The zero-order valence-electron chi connectivity index (χ0n) is 8.73. The normalized spacial score (nSPS) is 12.1. The number of carboxylic acids is 1. The van der Waals surface area contributed by atoms with Gasteiger partial charge in [0.1, 0.15) is 5.82 Å². The Kier molecular flexibility index (Phi) is 4.05. The van der Waals surface area contributed by atoms with Crippen molar-refractivity contribution < 1.29 is 14.6 Å². The van der Waals surface area contributed by atoms with Gasteiger partial charge in [-0.1, -0.05) is 6.07 Å². The van der Waals surface area contributed by atoms with Crippen LogP contribution in [0.5, 0.6) is 0 Å². The van der Waals surface area contributed by atoms with Gasteiger partial charge in [0.15, 0.2) is 5.69 Å². The number of carboxylic acid groups (broad SMARTS) is 1. The zero-order valence-corrected chi connectivity index (χ0v) is 8.73. The van der Waals surface area contributed by atoms with Crippen molar-refractivity contribution in [2.45, 2.75) is 13.0 Å². The van der Waals surface area contributed by atoms with Crippen molar-refractivity contribution in [3.8, 4) is 0 Å². The highest BCUT2D eigenvalue weighted by molar-refractivity contribution is 5.85. The van der Waals surface area contributed by atoms with Crippen LogP contribution in [0.25, 0.3) is 0 Å². The van der Waals surface area contributed by atoms with E-state index >= 15 is 0 Å². The summed E-state index contributed by atoms with van der Waals surface area (Å²) < 4.78 is 4.95. The Labute approximate surface area is 88.1 Å². The summed E-state index contributed by atoms with van der Waals surface area (Å²) in [4.78, 5) is 14.6. The highest BCUT2D eigenvalue weighted by Gasteiger charge is 2.06. The van der Waals surface area contributed by atoms with Gasteiger partial charge >= 0.3 is 5.97 Å². The number of pyridine rings is 1. The number of methoxy groups -OCH3 is 1. The van der Waals surface area contributed by atoms with E-state index < -0.39 is 5.97 Å². The number of ether oxygens (including phenoxy) is 1. The zero-order chi connectivity index (χ0) is 11.3. The average molecular weight is 210 g/mol. The summed E-state index contributed by atoms with van der Waals surface area (Å²) >= 11 is 0. The molecule has 0 bridgehead atoms. The van der Waals surface area contributed by atoms with E-state index in [2.05, 4.69) is 10.3 Å². The molecule has 0 fully saturated rings. The fourth-order valence-electron chi connectivity index (χ4n) is 1.18. The molecule has 0 radical (unpaired) electrons. The lowest BCUT2D eigenvalue weighted by Crippen LogP contribution is -2.21. The lowest BCUT2D eigenvalue weighted by Gasteiger charge is -2.13. The third kappa shape index (κ3) is 3.55. The van der Waals surface area contributed by atoms with Crippen LogP contribution in [0.2, 0.25) is 0 Å². The predicted molar refractivity (Wildman–Crippen MR) is 56.2 cm³/mol. The van der Waals surface area contributed by atoms with Crippen LogP contribution in [-0.4, -0.2) is 35.8 Å². The van der Waals surface area contributed by atoms with Crippen LogP contribution in [0.4, 0.5) is 5.82 Å². The molecule has 0 aliphatic rings. The molecule has 0 aliphatic heterocycles. The molecule has 0 saturated carbocycles. The molecule has 1 heterocycles. The van der Waals surface area contributed by atoms with Crippen LogP contribution >= 0.6 is 0 Å². The van der Waals surface area contributed by atoms with Crippen molar-refractivity contribution >= 4 is 11.8 Å². The number of hydrogen-bond donors (Lipinski definition) is 2. The number of nitrogens with one attached hydrogen (secondary N) is 1. The molecule has 5 nitrogen and oxygen atoms in total. The molecule has 0 spiro atoms. The summed E-state index contributed by atoms with van der Waals surface area (Å²) in [5, 5.41) is 11.8. The number of aromatic nitrogens is 1. The number of aromatic carboxylic acids is 1. The number of carbonyl (C=O) groups is 1. The van der Waals surface area contributed by atoms with Crippen molar-refractivity contribution in [3.05, 3.63) is 23.9 Å². The van der Waals surface area contributed by atoms with Gasteiger partial charge in [0.2, 0.25) is 0 Å². The molecule has 1 aromatic heterocycles. The van der Waals surface area contributed by atoms with Gasteiger partial charge in [0, 0.05) is 13.2 Å². The van der Waals surface area contributed by atoms with Crippen molar-refractivity contribution in [2.75, 3.05) is 19.0 Å². The molecule has 1 atom stereocenters.